The predicted molar refractivity (Wildman–Crippen MR) is 35.2 cm³/mol. The number of hydrogen-bond acceptors (Lipinski definition) is 4. The maximum absolute atomic E-state index is 10.1. The third kappa shape index (κ3) is 4.25. The molecule has 0 rings (SSSR count). The van der Waals surface area contributed by atoms with Crippen LogP contribution in [0, 0.1) is 0 Å². The minimum Gasteiger partial charge on any atom is -0.480 e. The van der Waals surface area contributed by atoms with E-state index >= 15 is 0 Å². The molecule has 1 unspecified atom stereocenters. The molecule has 0 saturated carbocycles. The number of nitrogens with two attached hydrogens (primary N) is 1. The van der Waals surface area contributed by atoms with Crippen molar-refractivity contribution in [3.05, 3.63) is 0 Å². The van der Waals surface area contributed by atoms with Crippen LogP contribution in [0.5, 0.6) is 0 Å². The molecule has 0 heterocycles. The van der Waals surface area contributed by atoms with Crippen molar-refractivity contribution >= 4 is 5.97 Å². The molecule has 0 amide bonds. The molecule has 5 nitrogen and oxygen atoms in total. The number of carboxylic acid groups (broad SMARTS) is 1. The second-order valence-electron chi connectivity index (χ2n) is 1.79. The fraction of sp³-hybridized carbons (Fsp3) is 0.800. The maximum atomic E-state index is 10.1. The summed E-state index contributed by atoms with van der Waals surface area (Å²) in [6.45, 7) is 0.309. The molecule has 0 saturated heterocycles. The standard InChI is InChI=1S/C5H12N2O3/c1-7-10-3-2-4(6)5(8)9/h4,7H,2-3,6H2,1H3,(H,8,9). The smallest absolute Gasteiger partial charge is 0.320 e. The van der Waals surface area contributed by atoms with Crippen LogP contribution >= 0.6 is 0 Å². The van der Waals surface area contributed by atoms with Crippen molar-refractivity contribution in [3.63, 3.8) is 0 Å². The number of nitrogens with one attached hydrogen (secondary N) is 1. The van der Waals surface area contributed by atoms with Gasteiger partial charge in [0.25, 0.3) is 0 Å². The second-order valence-corrected chi connectivity index (χ2v) is 1.79. The normalized spacial score (nSPS) is 13.0. The minimum atomic E-state index is -1.00. The van der Waals surface area contributed by atoms with Crippen molar-refractivity contribution in [2.24, 2.45) is 5.73 Å². The number of hydroxylamine groups is 1. The van der Waals surface area contributed by atoms with Gasteiger partial charge in [-0.25, -0.2) is 5.48 Å². The zero-order chi connectivity index (χ0) is 7.98. The van der Waals surface area contributed by atoms with Crippen molar-refractivity contribution in [2.45, 2.75) is 12.5 Å². The molecular weight excluding hydrogens is 136 g/mol. The van der Waals surface area contributed by atoms with E-state index in [0.717, 1.165) is 0 Å². The van der Waals surface area contributed by atoms with Crippen molar-refractivity contribution < 1.29 is 14.7 Å². The van der Waals surface area contributed by atoms with Gasteiger partial charge in [0.2, 0.25) is 0 Å². The zero-order valence-electron chi connectivity index (χ0n) is 5.83. The second kappa shape index (κ2) is 5.16. The quantitative estimate of drug-likeness (QED) is 0.342. The molecule has 60 valence electrons. The molecule has 10 heavy (non-hydrogen) atoms. The summed E-state index contributed by atoms with van der Waals surface area (Å²) in [6.07, 6.45) is 0.316. The Hall–Kier alpha value is -0.650. The van der Waals surface area contributed by atoms with Gasteiger partial charge in [-0.1, -0.05) is 0 Å². The summed E-state index contributed by atoms with van der Waals surface area (Å²) in [5.41, 5.74) is 7.56. The summed E-state index contributed by atoms with van der Waals surface area (Å²) in [7, 11) is 1.60. The fourth-order valence-electron chi connectivity index (χ4n) is 0.411. The molecule has 0 aromatic rings. The molecule has 5 heteroatoms. The van der Waals surface area contributed by atoms with E-state index in [1.807, 2.05) is 0 Å². The van der Waals surface area contributed by atoms with E-state index in [2.05, 4.69) is 10.3 Å². The first-order valence-corrected chi connectivity index (χ1v) is 2.95. The first-order chi connectivity index (χ1) is 4.68. The van der Waals surface area contributed by atoms with Crippen LogP contribution in [0.4, 0.5) is 0 Å². The predicted octanol–water partition coefficient (Wildman–Crippen LogP) is -1.06. The maximum Gasteiger partial charge on any atom is 0.320 e. The van der Waals surface area contributed by atoms with E-state index in [4.69, 9.17) is 10.8 Å². The third-order valence-electron chi connectivity index (χ3n) is 0.992. The summed E-state index contributed by atoms with van der Waals surface area (Å²) in [5.74, 6) is -1.00. The molecule has 0 radical (unpaired) electrons. The molecule has 0 spiro atoms. The molecule has 1 atom stereocenters. The van der Waals surface area contributed by atoms with E-state index in [-0.39, 0.29) is 0 Å². The van der Waals surface area contributed by atoms with Crippen molar-refractivity contribution in [1.29, 1.82) is 0 Å². The number of hydrogen-bond donors (Lipinski definition) is 3. The molecular formula is C5H12N2O3. The molecule has 4 N–H and O–H groups in total. The van der Waals surface area contributed by atoms with Gasteiger partial charge in [0.05, 0.1) is 6.61 Å². The summed E-state index contributed by atoms with van der Waals surface area (Å²) >= 11 is 0. The average Bonchev–Trinajstić information content (AvgIpc) is 1.88. The van der Waals surface area contributed by atoms with E-state index in [9.17, 15) is 4.79 Å². The van der Waals surface area contributed by atoms with Crippen LogP contribution in [0.3, 0.4) is 0 Å². The highest BCUT2D eigenvalue weighted by atomic mass is 16.6. The van der Waals surface area contributed by atoms with Gasteiger partial charge in [0, 0.05) is 7.05 Å². The van der Waals surface area contributed by atoms with Gasteiger partial charge in [-0.05, 0) is 6.42 Å². The van der Waals surface area contributed by atoms with E-state index in [1.165, 1.54) is 0 Å². The van der Waals surface area contributed by atoms with Gasteiger partial charge >= 0.3 is 5.97 Å². The Kier molecular flexibility index (Phi) is 4.82. The molecule has 0 fully saturated rings. The minimum absolute atomic E-state index is 0.309. The number of carboxylic acids is 1. The Labute approximate surface area is 59.1 Å². The molecule has 0 aliphatic carbocycles. The van der Waals surface area contributed by atoms with Gasteiger partial charge in [0.15, 0.2) is 0 Å². The van der Waals surface area contributed by atoms with Crippen molar-refractivity contribution in [3.8, 4) is 0 Å². The highest BCUT2D eigenvalue weighted by Crippen LogP contribution is 1.86. The molecule has 0 aromatic heterocycles. The lowest BCUT2D eigenvalue weighted by Gasteiger charge is -2.04. The van der Waals surface area contributed by atoms with Crippen LogP contribution < -0.4 is 11.2 Å². The number of aliphatic carboxylic acids is 1. The topological polar surface area (TPSA) is 84.6 Å². The Morgan fingerprint density at radius 2 is 2.50 bits per heavy atom. The zero-order valence-corrected chi connectivity index (χ0v) is 5.83. The molecule has 0 aliphatic heterocycles. The number of rotatable bonds is 5. The largest absolute Gasteiger partial charge is 0.480 e. The third-order valence-corrected chi connectivity index (χ3v) is 0.992. The van der Waals surface area contributed by atoms with Gasteiger partial charge in [-0.3, -0.25) is 4.79 Å². The highest BCUT2D eigenvalue weighted by Gasteiger charge is 2.09. The molecule has 0 bridgehead atoms. The molecule has 0 aromatic carbocycles. The lowest BCUT2D eigenvalue weighted by atomic mass is 10.2. The summed E-state index contributed by atoms with van der Waals surface area (Å²) in [6, 6.07) is -0.826. The van der Waals surface area contributed by atoms with Crippen LogP contribution in [0.15, 0.2) is 0 Å². The summed E-state index contributed by atoms with van der Waals surface area (Å²) in [5, 5.41) is 8.28. The van der Waals surface area contributed by atoms with Crippen LogP contribution in [0.1, 0.15) is 6.42 Å². The Morgan fingerprint density at radius 1 is 1.90 bits per heavy atom. The van der Waals surface area contributed by atoms with Crippen LogP contribution in [0.25, 0.3) is 0 Å². The lowest BCUT2D eigenvalue weighted by Crippen LogP contribution is -2.31. The van der Waals surface area contributed by atoms with E-state index in [1.54, 1.807) is 7.05 Å². The van der Waals surface area contributed by atoms with Crippen molar-refractivity contribution in [1.82, 2.24) is 5.48 Å². The van der Waals surface area contributed by atoms with Gasteiger partial charge in [0.1, 0.15) is 6.04 Å². The summed E-state index contributed by atoms with van der Waals surface area (Å²) < 4.78 is 0. The Balaban J connectivity index is 3.21. The van der Waals surface area contributed by atoms with Crippen LogP contribution in [0.2, 0.25) is 0 Å². The van der Waals surface area contributed by atoms with Crippen molar-refractivity contribution in [2.75, 3.05) is 13.7 Å². The lowest BCUT2D eigenvalue weighted by molar-refractivity contribution is -0.139. The molecule has 0 aliphatic rings. The first-order valence-electron chi connectivity index (χ1n) is 2.95. The highest BCUT2D eigenvalue weighted by molar-refractivity contribution is 5.72. The monoisotopic (exact) mass is 148 g/mol. The van der Waals surface area contributed by atoms with Crippen LogP contribution in [-0.2, 0) is 9.63 Å². The van der Waals surface area contributed by atoms with Gasteiger partial charge in [-0.15, -0.1) is 0 Å². The average molecular weight is 148 g/mol. The van der Waals surface area contributed by atoms with Gasteiger partial charge in [-0.2, -0.15) is 0 Å². The van der Waals surface area contributed by atoms with Crippen LogP contribution in [-0.4, -0.2) is 30.8 Å². The van der Waals surface area contributed by atoms with E-state index in [0.29, 0.717) is 13.0 Å². The van der Waals surface area contributed by atoms with E-state index < -0.39 is 12.0 Å². The fourth-order valence-corrected chi connectivity index (χ4v) is 0.411. The number of carbonyl (C=O) groups is 1. The van der Waals surface area contributed by atoms with Gasteiger partial charge < -0.3 is 15.7 Å². The summed E-state index contributed by atoms with van der Waals surface area (Å²) in [4.78, 5) is 14.8. The first kappa shape index (κ1) is 9.35. The Morgan fingerprint density at radius 3 is 2.90 bits per heavy atom. The SMILES string of the molecule is CNOCCC(N)C(=O)O. The Bertz CT molecular complexity index is 107.